The minimum Gasteiger partial charge on any atom is -0.429 e. The molecule has 0 amide bonds. The van der Waals surface area contributed by atoms with Crippen LogP contribution < -0.4 is 4.74 Å². The molecule has 0 aliphatic carbocycles. The molecule has 0 aliphatic heterocycles. The second kappa shape index (κ2) is 14.4. The van der Waals surface area contributed by atoms with Gasteiger partial charge in [-0.2, -0.15) is 22.0 Å². The van der Waals surface area contributed by atoms with Crippen molar-refractivity contribution in [3.8, 4) is 29.4 Å². The number of ether oxygens (including phenoxy) is 1. The van der Waals surface area contributed by atoms with Crippen LogP contribution in [0.1, 0.15) is 65.1 Å². The molecule has 250 valence electrons. The van der Waals surface area contributed by atoms with Crippen LogP contribution in [-0.4, -0.2) is 0 Å². The van der Waals surface area contributed by atoms with Crippen LogP contribution in [0.5, 0.6) is 5.75 Å². The summed E-state index contributed by atoms with van der Waals surface area (Å²) >= 11 is 0. The molecule has 0 fully saturated rings. The monoisotopic (exact) mass is 684 g/mol. The van der Waals surface area contributed by atoms with Crippen molar-refractivity contribution in [1.82, 2.24) is 0 Å². The molecule has 0 unspecified atom stereocenters. The molecule has 48 heavy (non-hydrogen) atoms. The SMILES string of the molecule is CCCCCc1cc(F)c(C#Cc2ccc(C(F)(F)Oc3cc(F)c(C#Cc4cc(F)c(C(F)(F)F)c(F)c4)c(F)c3)c(F)c2)c(F)c1. The van der Waals surface area contributed by atoms with Gasteiger partial charge in [0.05, 0.1) is 11.1 Å². The Bertz CT molecular complexity index is 1900. The third kappa shape index (κ3) is 8.45. The zero-order valence-electron chi connectivity index (χ0n) is 24.5. The third-order valence-electron chi connectivity index (χ3n) is 6.70. The molecule has 0 N–H and O–H groups in total. The molecule has 4 aromatic carbocycles. The maximum Gasteiger partial charge on any atom is 0.429 e. The predicted molar refractivity (Wildman–Crippen MR) is 150 cm³/mol. The first kappa shape index (κ1) is 35.8. The van der Waals surface area contributed by atoms with Crippen LogP contribution in [0.4, 0.5) is 52.7 Å². The second-order valence-corrected chi connectivity index (χ2v) is 10.3. The average Bonchev–Trinajstić information content (AvgIpc) is 2.95. The molecule has 0 radical (unpaired) electrons. The minimum atomic E-state index is -5.36. The summed E-state index contributed by atoms with van der Waals surface area (Å²) in [6.45, 7) is 1.97. The van der Waals surface area contributed by atoms with Gasteiger partial charge in [-0.15, -0.1) is 0 Å². The van der Waals surface area contributed by atoms with Crippen LogP contribution in [0.15, 0.2) is 54.6 Å². The van der Waals surface area contributed by atoms with Crippen LogP contribution in [0.25, 0.3) is 0 Å². The standard InChI is InChI=1S/C35H20F12O/c1-2-3-4-5-20-13-26(36)23(27(37)14-20)9-6-19-8-11-25(30(40)12-19)35(46,47)48-22-17-28(38)24(29(39)18-22)10-7-21-15-31(41)33(32(42)16-21)34(43,44)45/h8,11-18H,2-5H2,1H3. The van der Waals surface area contributed by atoms with E-state index in [2.05, 4.69) is 16.6 Å². The van der Waals surface area contributed by atoms with Gasteiger partial charge >= 0.3 is 12.3 Å². The van der Waals surface area contributed by atoms with Gasteiger partial charge in [-0.1, -0.05) is 43.4 Å². The highest BCUT2D eigenvalue weighted by molar-refractivity contribution is 5.48. The summed E-state index contributed by atoms with van der Waals surface area (Å²) in [5.74, 6) is -3.73. The molecule has 4 aromatic rings. The van der Waals surface area contributed by atoms with Crippen molar-refractivity contribution in [2.75, 3.05) is 0 Å². The van der Waals surface area contributed by atoms with E-state index in [4.69, 9.17) is 0 Å². The van der Waals surface area contributed by atoms with Crippen molar-refractivity contribution >= 4 is 0 Å². The van der Waals surface area contributed by atoms with E-state index < -0.39 is 86.6 Å². The highest BCUT2D eigenvalue weighted by Gasteiger charge is 2.39. The molecule has 0 aliphatic rings. The van der Waals surface area contributed by atoms with Crippen molar-refractivity contribution in [1.29, 1.82) is 0 Å². The second-order valence-electron chi connectivity index (χ2n) is 10.3. The molecule has 4 rings (SSSR count). The Hall–Kier alpha value is -5.04. The quantitative estimate of drug-likeness (QED) is 0.107. The van der Waals surface area contributed by atoms with E-state index >= 15 is 0 Å². The Balaban J connectivity index is 1.53. The zero-order valence-corrected chi connectivity index (χ0v) is 24.5. The number of benzene rings is 4. The first-order chi connectivity index (χ1) is 22.5. The smallest absolute Gasteiger partial charge is 0.429 e. The number of hydrogen-bond acceptors (Lipinski definition) is 1. The lowest BCUT2D eigenvalue weighted by Crippen LogP contribution is -2.23. The lowest BCUT2D eigenvalue weighted by Gasteiger charge is -2.19. The van der Waals surface area contributed by atoms with Gasteiger partial charge in [0.1, 0.15) is 57.6 Å². The van der Waals surface area contributed by atoms with E-state index in [1.54, 1.807) is 0 Å². The predicted octanol–water partition coefficient (Wildman–Crippen LogP) is 10.3. The molecule has 0 spiro atoms. The van der Waals surface area contributed by atoms with Gasteiger partial charge < -0.3 is 4.74 Å². The number of aryl methyl sites for hydroxylation is 1. The summed E-state index contributed by atoms with van der Waals surface area (Å²) in [6.07, 6.45) is -6.92. The van der Waals surface area contributed by atoms with Crippen molar-refractivity contribution in [2.45, 2.75) is 44.9 Å². The van der Waals surface area contributed by atoms with Crippen LogP contribution >= 0.6 is 0 Å². The molecule has 13 heteroatoms. The Morgan fingerprint density at radius 1 is 0.562 bits per heavy atom. The summed E-state index contributed by atoms with van der Waals surface area (Å²) in [5.41, 5.74) is -5.85. The maximum atomic E-state index is 14.8. The van der Waals surface area contributed by atoms with E-state index in [0.29, 0.717) is 24.1 Å². The molecular weight excluding hydrogens is 664 g/mol. The fraction of sp³-hybridized carbons (Fsp3) is 0.200. The van der Waals surface area contributed by atoms with Crippen LogP contribution in [0.3, 0.4) is 0 Å². The molecule has 1 nitrogen and oxygen atoms in total. The summed E-state index contributed by atoms with van der Waals surface area (Å²) in [7, 11) is 0. The molecule has 0 aromatic heterocycles. The molecule has 0 bridgehead atoms. The summed E-state index contributed by atoms with van der Waals surface area (Å²) in [6, 6.07) is 5.05. The van der Waals surface area contributed by atoms with Crippen LogP contribution in [-0.2, 0) is 18.7 Å². The van der Waals surface area contributed by atoms with Gasteiger partial charge in [0.15, 0.2) is 0 Å². The Kier molecular flexibility index (Phi) is 10.7. The third-order valence-corrected chi connectivity index (χ3v) is 6.70. The zero-order chi connectivity index (χ0) is 35.4. The largest absolute Gasteiger partial charge is 0.429 e. The van der Waals surface area contributed by atoms with Gasteiger partial charge in [-0.05, 0) is 60.9 Å². The number of alkyl halides is 5. The fourth-order valence-electron chi connectivity index (χ4n) is 4.41. The number of halogens is 12. The first-order valence-corrected chi connectivity index (χ1v) is 13.9. The van der Waals surface area contributed by atoms with Crippen LogP contribution in [0, 0.1) is 64.4 Å². The Morgan fingerprint density at radius 3 is 1.56 bits per heavy atom. The first-order valence-electron chi connectivity index (χ1n) is 13.9. The number of hydrogen-bond donors (Lipinski definition) is 0. The van der Waals surface area contributed by atoms with Gasteiger partial charge in [-0.3, -0.25) is 0 Å². The van der Waals surface area contributed by atoms with Crippen molar-refractivity contribution in [3.63, 3.8) is 0 Å². The highest BCUT2D eigenvalue weighted by Crippen LogP contribution is 2.36. The van der Waals surface area contributed by atoms with Gasteiger partial charge in [0.2, 0.25) is 0 Å². The van der Waals surface area contributed by atoms with E-state index in [9.17, 15) is 52.7 Å². The summed E-state index contributed by atoms with van der Waals surface area (Å²) in [5, 5.41) is 0. The molecule has 0 heterocycles. The van der Waals surface area contributed by atoms with Crippen LogP contribution in [0.2, 0.25) is 0 Å². The lowest BCUT2D eigenvalue weighted by molar-refractivity contribution is -0.187. The summed E-state index contributed by atoms with van der Waals surface area (Å²) < 4.78 is 172. The van der Waals surface area contributed by atoms with E-state index in [-0.39, 0.29) is 29.8 Å². The van der Waals surface area contributed by atoms with Crippen molar-refractivity contribution in [3.05, 3.63) is 134 Å². The van der Waals surface area contributed by atoms with Gasteiger partial charge in [0, 0.05) is 23.3 Å². The van der Waals surface area contributed by atoms with E-state index in [1.807, 2.05) is 18.8 Å². The molecule has 0 saturated heterocycles. The highest BCUT2D eigenvalue weighted by atomic mass is 19.4. The summed E-state index contributed by atoms with van der Waals surface area (Å²) in [4.78, 5) is 0. The molecular formula is C35H20F12O. The van der Waals surface area contributed by atoms with Crippen molar-refractivity contribution < 1.29 is 57.4 Å². The number of rotatable bonds is 7. The maximum absolute atomic E-state index is 14.8. The fourth-order valence-corrected chi connectivity index (χ4v) is 4.41. The Labute approximate surface area is 266 Å². The van der Waals surface area contributed by atoms with Gasteiger partial charge in [-0.25, -0.2) is 30.7 Å². The van der Waals surface area contributed by atoms with Gasteiger partial charge in [0.25, 0.3) is 0 Å². The molecule has 0 atom stereocenters. The van der Waals surface area contributed by atoms with E-state index in [0.717, 1.165) is 37.5 Å². The normalized spacial score (nSPS) is 11.4. The average molecular weight is 685 g/mol. The number of unbranched alkanes of at least 4 members (excludes halogenated alkanes) is 2. The Morgan fingerprint density at radius 2 is 1.06 bits per heavy atom. The van der Waals surface area contributed by atoms with E-state index in [1.165, 1.54) is 0 Å². The molecule has 0 saturated carbocycles. The topological polar surface area (TPSA) is 9.23 Å². The minimum absolute atomic E-state index is 0.182. The van der Waals surface area contributed by atoms with Crippen molar-refractivity contribution in [2.24, 2.45) is 0 Å². The lowest BCUT2D eigenvalue weighted by atomic mass is 10.0.